The van der Waals surface area contributed by atoms with Crippen molar-refractivity contribution in [1.29, 1.82) is 0 Å². The van der Waals surface area contributed by atoms with E-state index in [0.717, 1.165) is 12.1 Å². The van der Waals surface area contributed by atoms with Crippen LogP contribution in [0, 0.1) is 0 Å². The van der Waals surface area contributed by atoms with Gasteiger partial charge in [-0.25, -0.2) is 9.53 Å². The minimum atomic E-state index is -0.633. The Hall–Kier alpha value is 0.679. The molecule has 0 saturated heterocycles. The van der Waals surface area contributed by atoms with Crippen LogP contribution in [-0.4, -0.2) is 93.5 Å². The average molecular weight is 486 g/mol. The molecule has 7 nitrogen and oxygen atoms in total. The van der Waals surface area contributed by atoms with Crippen LogP contribution in [0.4, 0.5) is 0 Å². The summed E-state index contributed by atoms with van der Waals surface area (Å²) in [6.45, 7) is 0. The number of halogens is 2. The fraction of sp³-hybridized carbons (Fsp3) is 0.714. The molecule has 1 atom stereocenters. The summed E-state index contributed by atoms with van der Waals surface area (Å²) >= 11 is 0.194. The maximum atomic E-state index is 4.76. The third-order valence-corrected chi connectivity index (χ3v) is 6.55. The van der Waals surface area contributed by atoms with Crippen LogP contribution in [-0.2, 0) is 13.1 Å². The first kappa shape index (κ1) is 26.7. The number of allylic oxidation sites excluding steroid dienone is 1. The van der Waals surface area contributed by atoms with Gasteiger partial charge in [-0.2, -0.15) is 0 Å². The zero-order chi connectivity index (χ0) is 20.3. The second-order valence-electron chi connectivity index (χ2n) is 6.13. The Kier molecular flexibility index (Phi) is 15.0. The molecule has 0 amide bonds. The molecule has 0 aromatic heterocycles. The second-order valence-corrected chi connectivity index (χ2v) is 12.7. The van der Waals surface area contributed by atoms with E-state index in [4.69, 9.17) is 29.7 Å². The molecule has 0 aromatic carbocycles. The van der Waals surface area contributed by atoms with Crippen molar-refractivity contribution in [1.82, 2.24) is 24.0 Å². The summed E-state index contributed by atoms with van der Waals surface area (Å²) in [6.07, 6.45) is 7.12. The van der Waals surface area contributed by atoms with E-state index in [1.54, 1.807) is 0 Å². The van der Waals surface area contributed by atoms with Crippen LogP contribution in [0.2, 0.25) is 0 Å². The molecule has 12 heteroatoms. The molecule has 154 valence electrons. The Balaban J connectivity index is 0.00000194. The van der Waals surface area contributed by atoms with Crippen LogP contribution >= 0.6 is 36.9 Å². The molecule has 1 rings (SSSR count). The van der Waals surface area contributed by atoms with E-state index in [2.05, 4.69) is 86.5 Å². The van der Waals surface area contributed by atoms with Crippen LogP contribution in [0.5, 0.6) is 0 Å². The normalized spacial score (nSPS) is 18.2. The second kappa shape index (κ2) is 14.6. The summed E-state index contributed by atoms with van der Waals surface area (Å²) in [4.78, 5) is 0. The minimum absolute atomic E-state index is 0.194. The molecule has 0 fully saturated rings. The molecule has 0 aliphatic carbocycles. The van der Waals surface area contributed by atoms with Gasteiger partial charge in [0.2, 0.25) is 0 Å². The molecule has 1 heterocycles. The van der Waals surface area contributed by atoms with Crippen LogP contribution in [0.25, 0.3) is 0 Å². The van der Waals surface area contributed by atoms with Crippen molar-refractivity contribution >= 4 is 49.4 Å². The molecule has 1 N–H and O–H groups in total. The molecule has 0 radical (unpaired) electrons. The summed E-state index contributed by atoms with van der Waals surface area (Å²) in [7, 11) is 24.7. The quantitative estimate of drug-likeness (QED) is 0.324. The van der Waals surface area contributed by atoms with Crippen molar-refractivity contribution in [2.75, 3.05) is 56.4 Å². The first-order valence-corrected chi connectivity index (χ1v) is 13.3. The summed E-state index contributed by atoms with van der Waals surface area (Å²) in [5.41, 5.74) is 1.08. The average Bonchev–Trinajstić information content (AvgIpc) is 2.94. The van der Waals surface area contributed by atoms with Crippen molar-refractivity contribution in [2.45, 2.75) is 12.5 Å². The van der Waals surface area contributed by atoms with Crippen LogP contribution in [0.3, 0.4) is 0 Å². The molecule has 1 aliphatic rings. The van der Waals surface area contributed by atoms with Gasteiger partial charge in [0.05, 0.1) is 12.3 Å². The topological polar surface area (TPSA) is 49.7 Å². The standard InChI is InChI=1S/C14H31N7P2.2ClH.Fe/c1-18(2)22(19(3)4)15-11-13-9-10-14(17-13)12-16-23(20(5)6)21(7)8;;;/h9,11-12,14,17H,10H2,1-8H3;2*1H;/q;;;+2/p-2/b15-11+,16-12+;;;. The van der Waals surface area contributed by atoms with Gasteiger partial charge in [-0.05, 0) is 62.8 Å². The van der Waals surface area contributed by atoms with E-state index in [9.17, 15) is 0 Å². The number of rotatable bonds is 8. The van der Waals surface area contributed by atoms with Crippen LogP contribution in [0.1, 0.15) is 6.42 Å². The van der Waals surface area contributed by atoms with Gasteiger partial charge < -0.3 is 5.32 Å². The Morgan fingerprint density at radius 2 is 1.38 bits per heavy atom. The van der Waals surface area contributed by atoms with E-state index in [0.29, 0.717) is 0 Å². The number of nitrogens with zero attached hydrogens (tertiary/aromatic N) is 6. The number of hydrogen-bond donors (Lipinski definition) is 1. The molecule has 0 spiro atoms. The van der Waals surface area contributed by atoms with E-state index >= 15 is 0 Å². The molecular weight excluding hydrogens is 455 g/mol. The number of nitrogens with one attached hydrogen (secondary N) is 1. The summed E-state index contributed by atoms with van der Waals surface area (Å²) in [5.74, 6) is 0. The molecule has 0 aromatic rings. The fourth-order valence-corrected chi connectivity index (χ4v) is 4.92. The Morgan fingerprint density at radius 1 is 0.962 bits per heavy atom. The zero-order valence-corrected chi connectivity index (χ0v) is 21.1. The molecular formula is C14H31Cl2FeN7P2. The Morgan fingerprint density at radius 3 is 1.81 bits per heavy atom. The van der Waals surface area contributed by atoms with Gasteiger partial charge >= 0.3 is 33.3 Å². The van der Waals surface area contributed by atoms with Crippen molar-refractivity contribution in [3.8, 4) is 0 Å². The Bertz CT molecular complexity index is 460. The molecule has 0 bridgehead atoms. The zero-order valence-electron chi connectivity index (χ0n) is 16.7. The maximum absolute atomic E-state index is 4.76. The number of hydrogen-bond acceptors (Lipinski definition) is 7. The van der Waals surface area contributed by atoms with Crippen molar-refractivity contribution in [3.63, 3.8) is 0 Å². The molecule has 1 aliphatic heterocycles. The summed E-state index contributed by atoms with van der Waals surface area (Å²) in [5, 5.41) is 3.47. The van der Waals surface area contributed by atoms with Crippen LogP contribution in [0.15, 0.2) is 21.3 Å². The van der Waals surface area contributed by atoms with Crippen LogP contribution < -0.4 is 5.32 Å². The van der Waals surface area contributed by atoms with Gasteiger partial charge in [0.15, 0.2) is 16.7 Å². The van der Waals surface area contributed by atoms with Crippen molar-refractivity contribution < 1.29 is 13.1 Å². The monoisotopic (exact) mass is 485 g/mol. The third-order valence-electron chi connectivity index (χ3n) is 3.02. The third kappa shape index (κ3) is 10.9. The first-order chi connectivity index (χ1) is 12.1. The van der Waals surface area contributed by atoms with E-state index in [1.807, 2.05) is 12.4 Å². The predicted octanol–water partition coefficient (Wildman–Crippen LogP) is 3.45. The van der Waals surface area contributed by atoms with Crippen molar-refractivity contribution in [2.24, 2.45) is 9.53 Å². The van der Waals surface area contributed by atoms with Gasteiger partial charge in [-0.1, -0.05) is 6.08 Å². The fourth-order valence-electron chi connectivity index (χ4n) is 2.16. The van der Waals surface area contributed by atoms with Gasteiger partial charge in [0.1, 0.15) is 0 Å². The predicted molar refractivity (Wildman–Crippen MR) is 117 cm³/mol. The van der Waals surface area contributed by atoms with Gasteiger partial charge in [-0.15, -0.1) is 0 Å². The molecule has 26 heavy (non-hydrogen) atoms. The SMILES string of the molecule is CN(C)P(/N=C/C1=CCC(/C=N/P(N(C)C)N(C)C)N1)N(C)C.[Cl][Fe][Cl]. The van der Waals surface area contributed by atoms with Gasteiger partial charge in [0, 0.05) is 11.9 Å². The Labute approximate surface area is 176 Å². The van der Waals surface area contributed by atoms with Crippen molar-refractivity contribution in [3.05, 3.63) is 11.8 Å². The first-order valence-electron chi connectivity index (χ1n) is 7.83. The van der Waals surface area contributed by atoms with E-state index in [1.165, 1.54) is 0 Å². The van der Waals surface area contributed by atoms with Gasteiger partial charge in [-0.3, -0.25) is 18.7 Å². The van der Waals surface area contributed by atoms with E-state index < -0.39 is 16.7 Å². The van der Waals surface area contributed by atoms with Gasteiger partial charge in [0.25, 0.3) is 0 Å². The molecule has 1 unspecified atom stereocenters. The summed E-state index contributed by atoms with van der Waals surface area (Å²) in [6, 6.07) is 0.256. The molecule has 0 saturated carbocycles. The summed E-state index contributed by atoms with van der Waals surface area (Å²) < 4.78 is 18.0. The van der Waals surface area contributed by atoms with E-state index in [-0.39, 0.29) is 19.2 Å².